The van der Waals surface area contributed by atoms with Gasteiger partial charge in [-0.1, -0.05) is 55.4 Å². The van der Waals surface area contributed by atoms with Crippen molar-refractivity contribution in [2.75, 3.05) is 13.7 Å². The maximum atomic E-state index is 11.6. The van der Waals surface area contributed by atoms with Gasteiger partial charge in [-0.05, 0) is 56.6 Å². The van der Waals surface area contributed by atoms with E-state index in [-0.39, 0.29) is 17.9 Å². The third-order valence-electron chi connectivity index (χ3n) is 4.74. The van der Waals surface area contributed by atoms with Crippen LogP contribution in [0.2, 0.25) is 0 Å². The fourth-order valence-corrected chi connectivity index (χ4v) is 3.12. The smallest absolute Gasteiger partial charge is 0.331 e. The molecule has 1 amide bonds. The molecule has 1 aliphatic rings. The number of ether oxygens (including phenoxy) is 1. The number of hydrogen-bond acceptors (Lipinski definition) is 3. The summed E-state index contributed by atoms with van der Waals surface area (Å²) in [6.45, 7) is 10.5. The first-order valence-corrected chi connectivity index (χ1v) is 9.44. The predicted octanol–water partition coefficient (Wildman–Crippen LogP) is 4.81. The van der Waals surface area contributed by atoms with Crippen LogP contribution < -0.4 is 5.32 Å². The molecule has 0 spiro atoms. The van der Waals surface area contributed by atoms with Crippen molar-refractivity contribution in [3.8, 4) is 0 Å². The van der Waals surface area contributed by atoms with Gasteiger partial charge in [0.05, 0.1) is 0 Å². The van der Waals surface area contributed by atoms with Gasteiger partial charge >= 0.3 is 5.97 Å². The lowest BCUT2D eigenvalue weighted by molar-refractivity contribution is -0.143. The highest BCUT2D eigenvalue weighted by Gasteiger charge is 2.26. The Morgan fingerprint density at radius 1 is 1.19 bits per heavy atom. The molecule has 0 radical (unpaired) electrons. The molecule has 0 saturated carbocycles. The van der Waals surface area contributed by atoms with Crippen LogP contribution in [0.15, 0.2) is 58.7 Å². The Kier molecular flexibility index (Phi) is 8.99. The Bertz CT molecular complexity index is 703. The Balaban J connectivity index is 2.66. The van der Waals surface area contributed by atoms with Crippen molar-refractivity contribution in [1.29, 1.82) is 0 Å². The van der Waals surface area contributed by atoms with Gasteiger partial charge in [0, 0.05) is 13.1 Å². The Morgan fingerprint density at radius 3 is 2.52 bits per heavy atom. The van der Waals surface area contributed by atoms with Crippen molar-refractivity contribution in [3.05, 3.63) is 58.7 Å². The third-order valence-corrected chi connectivity index (χ3v) is 4.74. The molecule has 27 heavy (non-hydrogen) atoms. The number of nitrogens with one attached hydrogen (secondary N) is 1. The van der Waals surface area contributed by atoms with E-state index in [1.807, 2.05) is 25.2 Å². The Morgan fingerprint density at radius 2 is 1.89 bits per heavy atom. The van der Waals surface area contributed by atoms with Crippen LogP contribution >= 0.6 is 0 Å². The summed E-state index contributed by atoms with van der Waals surface area (Å²) in [5.74, 6) is -0.856. The molecule has 4 nitrogen and oxygen atoms in total. The van der Waals surface area contributed by atoms with Gasteiger partial charge in [0.25, 0.3) is 5.91 Å². The standard InChI is InChI=1S/C23H33NO3/c1-17(12-13-20-19(3)11-8-14-23(20,4)5)9-7-10-18(2)15-22(26)27-16-21(25)24-6/h7,9-10,12-13,15H,8,11,14,16H2,1-6H3,(H,24,25). The number of carbonyl (C=O) groups excluding carboxylic acids is 2. The molecule has 0 saturated heterocycles. The first-order valence-electron chi connectivity index (χ1n) is 9.44. The summed E-state index contributed by atoms with van der Waals surface area (Å²) in [5.41, 5.74) is 5.07. The van der Waals surface area contributed by atoms with E-state index in [9.17, 15) is 9.59 Å². The molecule has 1 rings (SSSR count). The maximum absolute atomic E-state index is 11.6. The second kappa shape index (κ2) is 10.7. The summed E-state index contributed by atoms with van der Waals surface area (Å²) < 4.78 is 4.84. The normalized spacial score (nSPS) is 18.3. The molecule has 4 heteroatoms. The van der Waals surface area contributed by atoms with Gasteiger partial charge in [-0.3, -0.25) is 4.79 Å². The van der Waals surface area contributed by atoms with Crippen LogP contribution in [0.25, 0.3) is 0 Å². The highest BCUT2D eigenvalue weighted by molar-refractivity contribution is 5.86. The average Bonchev–Trinajstić information content (AvgIpc) is 2.58. The van der Waals surface area contributed by atoms with Gasteiger partial charge in [-0.25, -0.2) is 4.79 Å². The van der Waals surface area contributed by atoms with E-state index in [2.05, 4.69) is 45.2 Å². The van der Waals surface area contributed by atoms with Crippen LogP contribution in [0.5, 0.6) is 0 Å². The Hall–Kier alpha value is -2.36. The van der Waals surface area contributed by atoms with Gasteiger partial charge in [0.15, 0.2) is 6.61 Å². The largest absolute Gasteiger partial charge is 0.452 e. The van der Waals surface area contributed by atoms with E-state index in [1.54, 1.807) is 0 Å². The fourth-order valence-electron chi connectivity index (χ4n) is 3.12. The van der Waals surface area contributed by atoms with Crippen LogP contribution in [0.3, 0.4) is 0 Å². The van der Waals surface area contributed by atoms with Crippen molar-refractivity contribution in [2.24, 2.45) is 5.41 Å². The number of carbonyl (C=O) groups is 2. The summed E-state index contributed by atoms with van der Waals surface area (Å²) in [4.78, 5) is 22.6. The molecule has 1 aliphatic carbocycles. The minimum absolute atomic E-state index is 0.239. The summed E-state index contributed by atoms with van der Waals surface area (Å²) in [5, 5.41) is 2.40. The van der Waals surface area contributed by atoms with Gasteiger partial charge in [-0.15, -0.1) is 0 Å². The minimum Gasteiger partial charge on any atom is -0.452 e. The lowest BCUT2D eigenvalue weighted by Crippen LogP contribution is -2.24. The molecule has 0 bridgehead atoms. The SMILES string of the molecule is CNC(=O)COC(=O)C=C(C)C=CC=C(C)C=CC1=C(C)CCCC1(C)C. The molecule has 0 aromatic carbocycles. The van der Waals surface area contributed by atoms with Crippen LogP contribution in [-0.4, -0.2) is 25.5 Å². The van der Waals surface area contributed by atoms with Crippen LogP contribution in [0.4, 0.5) is 0 Å². The first kappa shape index (κ1) is 22.7. The van der Waals surface area contributed by atoms with E-state index < -0.39 is 5.97 Å². The highest BCUT2D eigenvalue weighted by atomic mass is 16.5. The van der Waals surface area contributed by atoms with Crippen LogP contribution in [0.1, 0.15) is 53.9 Å². The topological polar surface area (TPSA) is 55.4 Å². The summed E-state index contributed by atoms with van der Waals surface area (Å²) in [6, 6.07) is 0. The lowest BCUT2D eigenvalue weighted by Gasteiger charge is -2.32. The highest BCUT2D eigenvalue weighted by Crippen LogP contribution is 2.40. The number of allylic oxidation sites excluding steroid dienone is 9. The molecule has 0 aliphatic heterocycles. The molecule has 148 valence electrons. The third kappa shape index (κ3) is 8.25. The van der Waals surface area contributed by atoms with Crippen molar-refractivity contribution in [2.45, 2.75) is 53.9 Å². The monoisotopic (exact) mass is 371 g/mol. The van der Waals surface area contributed by atoms with Gasteiger partial charge in [0.1, 0.15) is 0 Å². The zero-order valence-corrected chi connectivity index (χ0v) is 17.5. The minimum atomic E-state index is -0.525. The van der Waals surface area contributed by atoms with Gasteiger partial charge in [-0.2, -0.15) is 0 Å². The van der Waals surface area contributed by atoms with Crippen LogP contribution in [0, 0.1) is 5.41 Å². The van der Waals surface area contributed by atoms with E-state index in [1.165, 1.54) is 43.5 Å². The molecular weight excluding hydrogens is 338 g/mol. The van der Waals surface area contributed by atoms with Gasteiger partial charge < -0.3 is 10.1 Å². The van der Waals surface area contributed by atoms with Crippen molar-refractivity contribution in [3.63, 3.8) is 0 Å². The lowest BCUT2D eigenvalue weighted by atomic mass is 9.72. The molecule has 1 N–H and O–H groups in total. The van der Waals surface area contributed by atoms with E-state index >= 15 is 0 Å². The second-order valence-electron chi connectivity index (χ2n) is 7.70. The van der Waals surface area contributed by atoms with E-state index in [4.69, 9.17) is 4.74 Å². The molecule has 0 aromatic heterocycles. The first-order chi connectivity index (χ1) is 12.7. The van der Waals surface area contributed by atoms with E-state index in [0.717, 1.165) is 11.1 Å². The Labute approximate surface area is 163 Å². The summed E-state index contributed by atoms with van der Waals surface area (Å²) >= 11 is 0. The quantitative estimate of drug-likeness (QED) is 0.397. The molecule has 0 atom stereocenters. The fraction of sp³-hybridized carbons (Fsp3) is 0.478. The van der Waals surface area contributed by atoms with Crippen molar-refractivity contribution < 1.29 is 14.3 Å². The summed E-state index contributed by atoms with van der Waals surface area (Å²) in [7, 11) is 1.50. The van der Waals surface area contributed by atoms with E-state index in [0.29, 0.717) is 0 Å². The van der Waals surface area contributed by atoms with Crippen molar-refractivity contribution in [1.82, 2.24) is 5.32 Å². The van der Waals surface area contributed by atoms with Crippen molar-refractivity contribution >= 4 is 11.9 Å². The molecule has 0 heterocycles. The summed E-state index contributed by atoms with van der Waals surface area (Å²) in [6.07, 6.45) is 15.2. The number of amides is 1. The zero-order chi connectivity index (χ0) is 20.4. The molecule has 0 fully saturated rings. The van der Waals surface area contributed by atoms with Crippen LogP contribution in [-0.2, 0) is 14.3 Å². The average molecular weight is 372 g/mol. The molecular formula is C23H33NO3. The zero-order valence-electron chi connectivity index (χ0n) is 17.5. The number of esters is 1. The predicted molar refractivity (Wildman–Crippen MR) is 111 cm³/mol. The number of hydrogen-bond donors (Lipinski definition) is 1. The van der Waals surface area contributed by atoms with Gasteiger partial charge in [0.2, 0.25) is 0 Å². The number of rotatable bonds is 7. The molecule has 0 aromatic rings. The molecule has 0 unspecified atom stereocenters. The second-order valence-corrected chi connectivity index (χ2v) is 7.70. The number of likely N-dealkylation sites (N-methyl/N-ethyl adjacent to an activating group) is 1. The maximum Gasteiger partial charge on any atom is 0.331 e.